The first-order valence-electron chi connectivity index (χ1n) is 12.3. The van der Waals surface area contributed by atoms with Crippen molar-refractivity contribution in [3.8, 4) is 17.2 Å². The summed E-state index contributed by atoms with van der Waals surface area (Å²) in [5.74, 6) is 0.984. The molecule has 39 heavy (non-hydrogen) atoms. The van der Waals surface area contributed by atoms with Gasteiger partial charge in [0, 0.05) is 45.0 Å². The molecule has 0 unspecified atom stereocenters. The van der Waals surface area contributed by atoms with Crippen LogP contribution in [-0.4, -0.2) is 29.1 Å². The fourth-order valence-electron chi connectivity index (χ4n) is 5.17. The quantitative estimate of drug-likeness (QED) is 0.335. The van der Waals surface area contributed by atoms with Gasteiger partial charge in [-0.1, -0.05) is 22.9 Å². The largest absolute Gasteiger partial charge is 0.497 e. The van der Waals surface area contributed by atoms with E-state index in [1.54, 1.807) is 37.8 Å². The molecule has 0 aliphatic carbocycles. The fourth-order valence-corrected chi connectivity index (χ4v) is 6.34. The van der Waals surface area contributed by atoms with E-state index in [2.05, 4.69) is 15.6 Å². The Bertz CT molecular complexity index is 1830. The van der Waals surface area contributed by atoms with E-state index in [1.165, 1.54) is 18.3 Å². The number of Topliss-reactive ketones (excluding diaryl/α,β-unsaturated/α-hetero) is 1. The molecule has 0 bridgehead atoms. The number of thiazole rings is 1. The number of hydrogen-bond donors (Lipinski definition) is 0. The second-order valence-corrected chi connectivity index (χ2v) is 10.8. The number of benzene rings is 2. The Labute approximate surface area is 234 Å². The lowest BCUT2D eigenvalue weighted by atomic mass is 9.92. The van der Waals surface area contributed by atoms with E-state index in [-0.39, 0.29) is 11.3 Å². The second kappa shape index (κ2) is 10.4. The third-order valence-corrected chi connectivity index (χ3v) is 8.21. The van der Waals surface area contributed by atoms with E-state index in [0.717, 1.165) is 22.6 Å². The van der Waals surface area contributed by atoms with E-state index in [1.807, 2.05) is 50.3 Å². The third-order valence-electron chi connectivity index (χ3n) is 6.98. The van der Waals surface area contributed by atoms with Gasteiger partial charge in [0.05, 0.1) is 24.8 Å². The van der Waals surface area contributed by atoms with Gasteiger partial charge in [-0.25, -0.2) is 4.99 Å². The first-order chi connectivity index (χ1) is 18.6. The number of ketones is 1. The fraction of sp³-hybridized carbons (Fsp3) is 0.233. The summed E-state index contributed by atoms with van der Waals surface area (Å²) in [7, 11) is 3.13. The van der Waals surface area contributed by atoms with Crippen molar-refractivity contribution in [3.63, 3.8) is 0 Å². The Morgan fingerprint density at radius 3 is 2.41 bits per heavy atom. The minimum atomic E-state index is -0.678. The number of halogens is 1. The summed E-state index contributed by atoms with van der Waals surface area (Å²) < 4.78 is 15.3. The number of ether oxygens (including phenoxy) is 2. The van der Waals surface area contributed by atoms with Crippen molar-refractivity contribution >= 4 is 34.8 Å². The van der Waals surface area contributed by atoms with Crippen LogP contribution in [0.1, 0.15) is 42.4 Å². The molecule has 2 aromatic carbocycles. The van der Waals surface area contributed by atoms with Gasteiger partial charge in [-0.3, -0.25) is 14.2 Å². The molecule has 0 spiro atoms. The average molecular weight is 562 g/mol. The highest BCUT2D eigenvalue weighted by Gasteiger charge is 2.32. The molecule has 3 heterocycles. The van der Waals surface area contributed by atoms with Gasteiger partial charge < -0.3 is 14.0 Å². The predicted molar refractivity (Wildman–Crippen MR) is 154 cm³/mol. The van der Waals surface area contributed by atoms with Crippen LogP contribution in [-0.2, 0) is 4.79 Å². The van der Waals surface area contributed by atoms with Gasteiger partial charge >= 0.3 is 0 Å². The number of carbonyl (C=O) groups is 1. The number of hydrogen-bond acceptors (Lipinski definition) is 6. The lowest BCUT2D eigenvalue weighted by Gasteiger charge is -2.26. The van der Waals surface area contributed by atoms with Crippen LogP contribution in [0, 0.1) is 13.8 Å². The smallest absolute Gasteiger partial charge is 0.271 e. The lowest BCUT2D eigenvalue weighted by Crippen LogP contribution is -2.39. The minimum Gasteiger partial charge on any atom is -0.497 e. The normalized spacial score (nSPS) is 15.3. The molecule has 0 saturated carbocycles. The molecule has 1 aliphatic heterocycles. The molecule has 0 N–H and O–H groups in total. The highest BCUT2D eigenvalue weighted by atomic mass is 35.5. The number of nitrogens with zero attached hydrogens (tertiary/aromatic N) is 3. The van der Waals surface area contributed by atoms with Crippen molar-refractivity contribution in [2.75, 3.05) is 14.2 Å². The Kier molecular flexibility index (Phi) is 7.09. The lowest BCUT2D eigenvalue weighted by molar-refractivity contribution is -0.114. The van der Waals surface area contributed by atoms with Gasteiger partial charge in [-0.15, -0.1) is 0 Å². The van der Waals surface area contributed by atoms with Gasteiger partial charge in [0.15, 0.2) is 10.6 Å². The summed E-state index contributed by atoms with van der Waals surface area (Å²) in [5.41, 5.74) is 5.45. The SMILES string of the molecule is COc1ccc([C@@H]2C(C(C)=O)=C(C)N=c3sc(=Cc4cc(C)n(-c5ccc(Cl)cc5)c4C)c(=O)n32)c(OC)c1. The van der Waals surface area contributed by atoms with E-state index < -0.39 is 6.04 Å². The topological polar surface area (TPSA) is 74.8 Å². The highest BCUT2D eigenvalue weighted by molar-refractivity contribution is 7.07. The van der Waals surface area contributed by atoms with Crippen LogP contribution in [0.2, 0.25) is 5.02 Å². The number of aromatic nitrogens is 2. The maximum Gasteiger partial charge on any atom is 0.271 e. The zero-order valence-electron chi connectivity index (χ0n) is 22.5. The number of aryl methyl sites for hydroxylation is 1. The molecule has 1 atom stereocenters. The summed E-state index contributed by atoms with van der Waals surface area (Å²) in [6.07, 6.45) is 1.90. The second-order valence-electron chi connectivity index (χ2n) is 9.38. The van der Waals surface area contributed by atoms with Gasteiger partial charge in [-0.2, -0.15) is 0 Å². The molecule has 5 rings (SSSR count). The molecule has 4 aromatic rings. The van der Waals surface area contributed by atoms with Crippen molar-refractivity contribution in [3.05, 3.63) is 107 Å². The molecule has 0 amide bonds. The zero-order valence-corrected chi connectivity index (χ0v) is 24.1. The monoisotopic (exact) mass is 561 g/mol. The van der Waals surface area contributed by atoms with Crippen LogP contribution < -0.4 is 24.4 Å². The van der Waals surface area contributed by atoms with Gasteiger partial charge in [-0.05, 0) is 81.8 Å². The molecule has 0 fully saturated rings. The molecular formula is C30H28ClN3O4S. The number of allylic oxidation sites excluding steroid dienone is 2. The molecule has 9 heteroatoms. The van der Waals surface area contributed by atoms with E-state index in [9.17, 15) is 9.59 Å². The van der Waals surface area contributed by atoms with E-state index >= 15 is 0 Å². The van der Waals surface area contributed by atoms with Crippen LogP contribution >= 0.6 is 22.9 Å². The predicted octanol–water partition coefficient (Wildman–Crippen LogP) is 4.90. The minimum absolute atomic E-state index is 0.153. The standard InChI is InChI=1S/C30H28ClN3O4S/c1-16-13-20(18(3)33(16)22-9-7-21(31)8-10-22)14-26-29(36)34-28(24-12-11-23(37-5)15-25(24)38-6)27(19(4)35)17(2)32-30(34)39-26/h7-15,28H,1-6H3/t28-/m1/s1. The average Bonchev–Trinajstić information content (AvgIpc) is 3.37. The van der Waals surface area contributed by atoms with Crippen LogP contribution in [0.4, 0.5) is 0 Å². The molecule has 0 saturated heterocycles. The van der Waals surface area contributed by atoms with E-state index in [4.69, 9.17) is 21.1 Å². The van der Waals surface area contributed by atoms with Crippen molar-refractivity contribution in [2.24, 2.45) is 4.99 Å². The third kappa shape index (κ3) is 4.64. The molecule has 200 valence electrons. The summed E-state index contributed by atoms with van der Waals surface area (Å²) in [6.45, 7) is 7.35. The van der Waals surface area contributed by atoms with Crippen LogP contribution in [0.5, 0.6) is 11.5 Å². The number of methoxy groups -OCH3 is 2. The molecule has 2 aromatic heterocycles. The number of carbonyl (C=O) groups excluding carboxylic acids is 1. The van der Waals surface area contributed by atoms with Crippen molar-refractivity contribution in [2.45, 2.75) is 33.7 Å². The molecule has 0 radical (unpaired) electrons. The van der Waals surface area contributed by atoms with Crippen molar-refractivity contribution in [1.82, 2.24) is 9.13 Å². The van der Waals surface area contributed by atoms with Crippen LogP contribution in [0.25, 0.3) is 11.8 Å². The zero-order chi connectivity index (χ0) is 28.0. The maximum atomic E-state index is 14.0. The van der Waals surface area contributed by atoms with Crippen LogP contribution in [0.15, 0.2) is 69.6 Å². The van der Waals surface area contributed by atoms with Gasteiger partial charge in [0.25, 0.3) is 5.56 Å². The van der Waals surface area contributed by atoms with Gasteiger partial charge in [0.1, 0.15) is 11.5 Å². The summed E-state index contributed by atoms with van der Waals surface area (Å²) >= 11 is 7.40. The summed E-state index contributed by atoms with van der Waals surface area (Å²) in [6, 6.07) is 14.4. The van der Waals surface area contributed by atoms with Crippen molar-refractivity contribution in [1.29, 1.82) is 0 Å². The molecule has 1 aliphatic rings. The molecular weight excluding hydrogens is 534 g/mol. The Morgan fingerprint density at radius 2 is 1.77 bits per heavy atom. The van der Waals surface area contributed by atoms with E-state index in [0.29, 0.717) is 42.7 Å². The maximum absolute atomic E-state index is 14.0. The number of fused-ring (bicyclic) bond motifs is 1. The summed E-state index contributed by atoms with van der Waals surface area (Å²) in [5, 5.41) is 0.672. The Morgan fingerprint density at radius 1 is 1.05 bits per heavy atom. The first kappa shape index (κ1) is 26.7. The summed E-state index contributed by atoms with van der Waals surface area (Å²) in [4.78, 5) is 32.0. The molecule has 7 nitrogen and oxygen atoms in total. The van der Waals surface area contributed by atoms with Gasteiger partial charge in [0.2, 0.25) is 0 Å². The Balaban J connectivity index is 1.71. The van der Waals surface area contributed by atoms with Crippen molar-refractivity contribution < 1.29 is 14.3 Å². The van der Waals surface area contributed by atoms with Crippen LogP contribution in [0.3, 0.4) is 0 Å². The highest BCUT2D eigenvalue weighted by Crippen LogP contribution is 2.37. The first-order valence-corrected chi connectivity index (χ1v) is 13.5. The number of rotatable bonds is 6. The Hall–Kier alpha value is -3.88.